The highest BCUT2D eigenvalue weighted by Gasteiger charge is 2.44. The zero-order chi connectivity index (χ0) is 22.1. The maximum atomic E-state index is 11.2. The molecule has 0 heterocycles. The summed E-state index contributed by atoms with van der Waals surface area (Å²) in [7, 11) is -1.79. The molecule has 0 unspecified atom stereocenters. The Balaban J connectivity index is 0.00000306. The smallest absolute Gasteiger partial charge is 0.153 e. The van der Waals surface area contributed by atoms with E-state index < -0.39 is 7.26 Å². The highest BCUT2D eigenvalue weighted by atomic mass is 79.9. The van der Waals surface area contributed by atoms with Gasteiger partial charge in [-0.05, 0) is 61.4 Å². The van der Waals surface area contributed by atoms with Gasteiger partial charge in [-0.3, -0.25) is 4.79 Å². The average molecular weight is 520 g/mol. The largest absolute Gasteiger partial charge is 0.493 e. The van der Waals surface area contributed by atoms with Crippen LogP contribution in [0, 0.1) is 0 Å². The minimum Gasteiger partial charge on any atom is -0.493 e. The van der Waals surface area contributed by atoms with Crippen molar-refractivity contribution in [3.05, 3.63) is 121 Å². The minimum absolute atomic E-state index is 0. The maximum Gasteiger partial charge on any atom is 0.153 e. The summed E-state index contributed by atoms with van der Waals surface area (Å²) < 4.78 is 5.94. The van der Waals surface area contributed by atoms with Crippen LogP contribution >= 0.6 is 24.2 Å². The van der Waals surface area contributed by atoms with Crippen LogP contribution in [-0.4, -0.2) is 19.1 Å². The molecule has 0 radical (unpaired) electrons. The number of halogens is 1. The van der Waals surface area contributed by atoms with Crippen LogP contribution in [-0.2, 0) is 0 Å². The van der Waals surface area contributed by atoms with Gasteiger partial charge >= 0.3 is 0 Å². The van der Waals surface area contributed by atoms with E-state index in [2.05, 4.69) is 91.0 Å². The van der Waals surface area contributed by atoms with Crippen LogP contribution in [0.4, 0.5) is 0 Å². The van der Waals surface area contributed by atoms with E-state index in [1.54, 1.807) is 6.07 Å². The van der Waals surface area contributed by atoms with Crippen LogP contribution in [0.25, 0.3) is 0 Å². The lowest BCUT2D eigenvalue weighted by molar-refractivity contribution is 0.111. The van der Waals surface area contributed by atoms with Crippen LogP contribution < -0.4 is 20.7 Å². The molecule has 0 aliphatic rings. The Labute approximate surface area is 207 Å². The second kappa shape index (κ2) is 12.5. The fourth-order valence-electron chi connectivity index (χ4n) is 4.22. The summed E-state index contributed by atoms with van der Waals surface area (Å²) in [6.07, 6.45) is 3.90. The second-order valence-corrected chi connectivity index (χ2v) is 11.4. The number of ether oxygens (including phenoxy) is 1. The lowest BCUT2D eigenvalue weighted by Crippen LogP contribution is -2.33. The number of rotatable bonds is 10. The van der Waals surface area contributed by atoms with Crippen molar-refractivity contribution in [1.82, 2.24) is 0 Å². The molecular weight excluding hydrogens is 491 g/mol. The molecule has 0 aromatic heterocycles. The Morgan fingerprint density at radius 2 is 1.06 bits per heavy atom. The summed E-state index contributed by atoms with van der Waals surface area (Å²) in [6.45, 7) is 0.600. The standard InChI is InChI=1S/C29H28O2P.BrH/c30-24-25-14-10-11-21-29(25)31-22-12-13-23-32(26-15-4-1-5-16-26,27-17-6-2-7-18-27)28-19-8-3-9-20-28;/h1-11,14-21,24H,12-13,22-23H2;1H/q+1;. The number of aldehydes is 1. The SMILES string of the molecule is Br.O=Cc1ccccc1OCCCC[P+](c1ccccc1)(c1ccccc1)c1ccccc1. The summed E-state index contributed by atoms with van der Waals surface area (Å²) in [5.41, 5.74) is 0.604. The molecule has 0 saturated carbocycles. The molecule has 4 rings (SSSR count). The van der Waals surface area contributed by atoms with Crippen molar-refractivity contribution in [1.29, 1.82) is 0 Å². The topological polar surface area (TPSA) is 26.3 Å². The van der Waals surface area contributed by atoms with Gasteiger partial charge in [0.25, 0.3) is 0 Å². The summed E-state index contributed by atoms with van der Waals surface area (Å²) in [6, 6.07) is 40.3. The molecule has 0 aliphatic heterocycles. The van der Waals surface area contributed by atoms with E-state index in [0.717, 1.165) is 25.3 Å². The predicted molar refractivity (Wildman–Crippen MR) is 147 cm³/mol. The Hall–Kier alpha value is -2.74. The number of para-hydroxylation sites is 1. The van der Waals surface area contributed by atoms with Gasteiger partial charge in [0.05, 0.1) is 18.3 Å². The third kappa shape index (κ3) is 5.79. The fraction of sp³-hybridized carbons (Fsp3) is 0.138. The first-order chi connectivity index (χ1) is 15.8. The Bertz CT molecular complexity index is 1020. The zero-order valence-corrected chi connectivity index (χ0v) is 21.2. The number of hydrogen-bond acceptors (Lipinski definition) is 2. The molecule has 33 heavy (non-hydrogen) atoms. The van der Waals surface area contributed by atoms with Gasteiger partial charge < -0.3 is 4.74 Å². The monoisotopic (exact) mass is 519 g/mol. The van der Waals surface area contributed by atoms with E-state index in [1.165, 1.54) is 15.9 Å². The van der Waals surface area contributed by atoms with E-state index in [-0.39, 0.29) is 17.0 Å². The Morgan fingerprint density at radius 1 is 0.606 bits per heavy atom. The van der Waals surface area contributed by atoms with Crippen LogP contribution in [0.5, 0.6) is 5.75 Å². The van der Waals surface area contributed by atoms with Crippen LogP contribution in [0.1, 0.15) is 23.2 Å². The number of benzene rings is 4. The van der Waals surface area contributed by atoms with Gasteiger partial charge in [-0.2, -0.15) is 0 Å². The molecule has 4 heteroatoms. The molecule has 0 bridgehead atoms. The normalized spacial score (nSPS) is 10.8. The Morgan fingerprint density at radius 3 is 1.55 bits per heavy atom. The summed E-state index contributed by atoms with van der Waals surface area (Å²) in [4.78, 5) is 11.2. The lowest BCUT2D eigenvalue weighted by Gasteiger charge is -2.27. The molecule has 0 saturated heterocycles. The van der Waals surface area contributed by atoms with E-state index >= 15 is 0 Å². The Kier molecular flexibility index (Phi) is 9.42. The van der Waals surface area contributed by atoms with E-state index in [9.17, 15) is 4.79 Å². The van der Waals surface area contributed by atoms with Gasteiger partial charge in [-0.25, -0.2) is 0 Å². The summed E-state index contributed by atoms with van der Waals surface area (Å²) >= 11 is 0. The summed E-state index contributed by atoms with van der Waals surface area (Å²) in [5, 5.41) is 4.22. The first-order valence-electron chi connectivity index (χ1n) is 11.1. The first kappa shape index (κ1) is 24.9. The van der Waals surface area contributed by atoms with E-state index in [0.29, 0.717) is 17.9 Å². The molecule has 2 nitrogen and oxygen atoms in total. The molecule has 4 aromatic carbocycles. The number of carbonyl (C=O) groups excluding carboxylic acids is 1. The van der Waals surface area contributed by atoms with Crippen molar-refractivity contribution in [3.63, 3.8) is 0 Å². The molecule has 4 aromatic rings. The third-order valence-electron chi connectivity index (χ3n) is 5.78. The van der Waals surface area contributed by atoms with Gasteiger partial charge in [0.1, 0.15) is 28.9 Å². The molecule has 0 spiro atoms. The van der Waals surface area contributed by atoms with Crippen molar-refractivity contribution >= 4 is 46.4 Å². The van der Waals surface area contributed by atoms with Gasteiger partial charge in [0.15, 0.2) is 6.29 Å². The number of hydrogen-bond donors (Lipinski definition) is 0. The second-order valence-electron chi connectivity index (χ2n) is 7.75. The fourth-order valence-corrected chi connectivity index (χ4v) is 8.63. The van der Waals surface area contributed by atoms with Crippen molar-refractivity contribution in [2.24, 2.45) is 0 Å². The van der Waals surface area contributed by atoms with Gasteiger partial charge in [-0.1, -0.05) is 66.7 Å². The number of carbonyl (C=O) groups is 1. The van der Waals surface area contributed by atoms with Crippen LogP contribution in [0.15, 0.2) is 115 Å². The van der Waals surface area contributed by atoms with Gasteiger partial charge in [-0.15, -0.1) is 17.0 Å². The third-order valence-corrected chi connectivity index (χ3v) is 10.3. The molecule has 168 valence electrons. The van der Waals surface area contributed by atoms with Crippen LogP contribution in [0.2, 0.25) is 0 Å². The molecular formula is C29H29BrO2P+. The quantitative estimate of drug-likeness (QED) is 0.141. The minimum atomic E-state index is -1.79. The van der Waals surface area contributed by atoms with Gasteiger partial charge in [0, 0.05) is 0 Å². The van der Waals surface area contributed by atoms with Crippen LogP contribution in [0.3, 0.4) is 0 Å². The first-order valence-corrected chi connectivity index (χ1v) is 13.0. The molecule has 0 N–H and O–H groups in total. The predicted octanol–water partition coefficient (Wildman–Crippen LogP) is 6.23. The van der Waals surface area contributed by atoms with Crippen molar-refractivity contribution < 1.29 is 9.53 Å². The summed E-state index contributed by atoms with van der Waals surface area (Å²) in [5.74, 6) is 0.665. The maximum absolute atomic E-state index is 11.2. The van der Waals surface area contributed by atoms with Gasteiger partial charge in [0.2, 0.25) is 0 Å². The lowest BCUT2D eigenvalue weighted by atomic mass is 10.2. The molecule has 0 aliphatic carbocycles. The highest BCUT2D eigenvalue weighted by molar-refractivity contribution is 8.93. The van der Waals surface area contributed by atoms with Crippen molar-refractivity contribution in [2.45, 2.75) is 12.8 Å². The molecule has 0 amide bonds. The van der Waals surface area contributed by atoms with Crippen molar-refractivity contribution in [2.75, 3.05) is 12.8 Å². The van der Waals surface area contributed by atoms with Crippen molar-refractivity contribution in [3.8, 4) is 5.75 Å². The average Bonchev–Trinajstić information content (AvgIpc) is 2.88. The molecule has 0 atom stereocenters. The van der Waals surface area contributed by atoms with E-state index in [4.69, 9.17) is 4.74 Å². The number of unbranched alkanes of at least 4 members (excludes halogenated alkanes) is 1. The zero-order valence-electron chi connectivity index (χ0n) is 18.5. The molecule has 0 fully saturated rings. The van der Waals surface area contributed by atoms with E-state index in [1.807, 2.05) is 18.2 Å². The highest BCUT2D eigenvalue weighted by Crippen LogP contribution is 2.55.